The molecule has 2 amide bonds. The summed E-state index contributed by atoms with van der Waals surface area (Å²) in [6.45, 7) is 7.65. The zero-order chi connectivity index (χ0) is 16.8. The molecule has 1 N–H and O–H groups in total. The average Bonchev–Trinajstić information content (AvgIpc) is 2.48. The lowest BCUT2D eigenvalue weighted by Crippen LogP contribution is -2.55. The molecule has 0 unspecified atom stereocenters. The fraction of sp³-hybridized carbons (Fsp3) is 0.529. The summed E-state index contributed by atoms with van der Waals surface area (Å²) in [7, 11) is 1.52. The van der Waals surface area contributed by atoms with E-state index in [4.69, 9.17) is 4.74 Å². The Morgan fingerprint density at radius 3 is 2.41 bits per heavy atom. The van der Waals surface area contributed by atoms with Gasteiger partial charge in [0.1, 0.15) is 5.75 Å². The molecule has 5 nitrogen and oxygen atoms in total. The van der Waals surface area contributed by atoms with Gasteiger partial charge in [-0.1, -0.05) is 25.5 Å². The highest BCUT2D eigenvalue weighted by atomic mass is 16.5. The van der Waals surface area contributed by atoms with Gasteiger partial charge in [-0.25, -0.2) is 5.01 Å². The summed E-state index contributed by atoms with van der Waals surface area (Å²) in [5.41, 5.74) is 2.62. The standard InChI is InChI=1S/C17H26N2O3/c1-6-7-12-15(20)18-19(17(2,3)4)16(21)13-10-8-9-11-14(13)22-5/h8-11H,6-7,12H2,1-5H3,(H,18,20). The minimum absolute atomic E-state index is 0.153. The van der Waals surface area contributed by atoms with Gasteiger partial charge in [0.25, 0.3) is 5.91 Å². The maximum atomic E-state index is 12.8. The Labute approximate surface area is 132 Å². The Morgan fingerprint density at radius 2 is 1.86 bits per heavy atom. The van der Waals surface area contributed by atoms with Gasteiger partial charge in [0.05, 0.1) is 18.2 Å². The Morgan fingerprint density at radius 1 is 1.23 bits per heavy atom. The SMILES string of the molecule is CCCCC(=O)NN(C(=O)c1ccccc1OC)C(C)(C)C. The maximum Gasteiger partial charge on any atom is 0.276 e. The first-order chi connectivity index (χ1) is 10.3. The summed E-state index contributed by atoms with van der Waals surface area (Å²) in [5.74, 6) is 0.0550. The molecular formula is C17H26N2O3. The lowest BCUT2D eigenvalue weighted by Gasteiger charge is -2.35. The van der Waals surface area contributed by atoms with E-state index < -0.39 is 5.54 Å². The first-order valence-electron chi connectivity index (χ1n) is 7.58. The van der Waals surface area contributed by atoms with E-state index in [9.17, 15) is 9.59 Å². The van der Waals surface area contributed by atoms with E-state index in [1.54, 1.807) is 24.3 Å². The molecule has 0 fully saturated rings. The van der Waals surface area contributed by atoms with Gasteiger partial charge in [-0.05, 0) is 39.3 Å². The molecule has 1 aromatic carbocycles. The van der Waals surface area contributed by atoms with E-state index in [0.29, 0.717) is 17.7 Å². The Hall–Kier alpha value is -2.04. The second kappa shape index (κ2) is 7.82. The fourth-order valence-corrected chi connectivity index (χ4v) is 1.98. The van der Waals surface area contributed by atoms with Gasteiger partial charge in [0.2, 0.25) is 5.91 Å². The number of methoxy groups -OCH3 is 1. The van der Waals surface area contributed by atoms with E-state index in [0.717, 1.165) is 12.8 Å². The molecule has 0 aliphatic carbocycles. The first kappa shape index (κ1) is 18.0. The van der Waals surface area contributed by atoms with Crippen LogP contribution in [0.4, 0.5) is 0 Å². The van der Waals surface area contributed by atoms with Crippen LogP contribution >= 0.6 is 0 Å². The average molecular weight is 306 g/mol. The minimum Gasteiger partial charge on any atom is -0.496 e. The molecule has 0 spiro atoms. The molecule has 0 aliphatic heterocycles. The van der Waals surface area contributed by atoms with Gasteiger partial charge >= 0.3 is 0 Å². The van der Waals surface area contributed by atoms with Crippen LogP contribution < -0.4 is 10.2 Å². The quantitative estimate of drug-likeness (QED) is 0.850. The van der Waals surface area contributed by atoms with Crippen LogP contribution in [0, 0.1) is 0 Å². The molecule has 1 aromatic rings. The number of benzene rings is 1. The molecule has 22 heavy (non-hydrogen) atoms. The molecule has 0 bridgehead atoms. The van der Waals surface area contributed by atoms with Crippen LogP contribution in [0.25, 0.3) is 0 Å². The number of amides is 2. The molecule has 0 saturated carbocycles. The third kappa shape index (κ3) is 4.76. The van der Waals surface area contributed by atoms with Crippen molar-refractivity contribution in [1.82, 2.24) is 10.4 Å². The second-order valence-electron chi connectivity index (χ2n) is 6.15. The van der Waals surface area contributed by atoms with Crippen molar-refractivity contribution in [2.45, 2.75) is 52.5 Å². The number of carbonyl (C=O) groups excluding carboxylic acids is 2. The monoisotopic (exact) mass is 306 g/mol. The van der Waals surface area contributed by atoms with Crippen LogP contribution in [0.1, 0.15) is 57.3 Å². The van der Waals surface area contributed by atoms with E-state index in [1.807, 2.05) is 27.7 Å². The summed E-state index contributed by atoms with van der Waals surface area (Å²) in [4.78, 5) is 24.8. The maximum absolute atomic E-state index is 12.8. The van der Waals surface area contributed by atoms with Crippen LogP contribution in [-0.2, 0) is 4.79 Å². The number of rotatable bonds is 5. The highest BCUT2D eigenvalue weighted by Gasteiger charge is 2.30. The highest BCUT2D eigenvalue weighted by Crippen LogP contribution is 2.22. The molecule has 0 heterocycles. The number of hydrazine groups is 1. The van der Waals surface area contributed by atoms with Gasteiger partial charge in [0, 0.05) is 6.42 Å². The zero-order valence-electron chi connectivity index (χ0n) is 14.1. The molecule has 122 valence electrons. The van der Waals surface area contributed by atoms with Gasteiger partial charge < -0.3 is 4.74 Å². The van der Waals surface area contributed by atoms with Gasteiger partial charge in [-0.3, -0.25) is 15.0 Å². The lowest BCUT2D eigenvalue weighted by atomic mass is 10.1. The van der Waals surface area contributed by atoms with Crippen molar-refractivity contribution in [3.05, 3.63) is 29.8 Å². The Bertz CT molecular complexity index is 521. The van der Waals surface area contributed by atoms with Crippen molar-refractivity contribution in [1.29, 1.82) is 0 Å². The number of ether oxygens (including phenoxy) is 1. The van der Waals surface area contributed by atoms with Crippen LogP contribution in [0.3, 0.4) is 0 Å². The van der Waals surface area contributed by atoms with E-state index in [1.165, 1.54) is 12.1 Å². The van der Waals surface area contributed by atoms with Crippen molar-refractivity contribution in [2.75, 3.05) is 7.11 Å². The molecule has 1 rings (SSSR count). The number of nitrogens with one attached hydrogen (secondary N) is 1. The van der Waals surface area contributed by atoms with E-state index in [-0.39, 0.29) is 11.8 Å². The van der Waals surface area contributed by atoms with Crippen molar-refractivity contribution in [3.8, 4) is 5.75 Å². The predicted molar refractivity (Wildman–Crippen MR) is 86.6 cm³/mol. The van der Waals surface area contributed by atoms with Crippen LogP contribution in [0.2, 0.25) is 0 Å². The van der Waals surface area contributed by atoms with Crippen molar-refractivity contribution >= 4 is 11.8 Å². The number of nitrogens with zero attached hydrogens (tertiary/aromatic N) is 1. The first-order valence-corrected chi connectivity index (χ1v) is 7.58. The van der Waals surface area contributed by atoms with Gasteiger partial charge in [-0.15, -0.1) is 0 Å². The van der Waals surface area contributed by atoms with Crippen molar-refractivity contribution < 1.29 is 14.3 Å². The molecular weight excluding hydrogens is 280 g/mol. The summed E-state index contributed by atoms with van der Waals surface area (Å²) < 4.78 is 5.24. The van der Waals surface area contributed by atoms with Crippen molar-refractivity contribution in [2.24, 2.45) is 0 Å². The minimum atomic E-state index is -0.542. The summed E-state index contributed by atoms with van der Waals surface area (Å²) >= 11 is 0. The summed E-state index contributed by atoms with van der Waals surface area (Å²) in [6.07, 6.45) is 2.14. The van der Waals surface area contributed by atoms with Crippen LogP contribution in [0.5, 0.6) is 5.75 Å². The van der Waals surface area contributed by atoms with Gasteiger partial charge in [0.15, 0.2) is 0 Å². The molecule has 5 heteroatoms. The number of hydrogen-bond acceptors (Lipinski definition) is 3. The Balaban J connectivity index is 3.02. The van der Waals surface area contributed by atoms with E-state index >= 15 is 0 Å². The molecule has 0 radical (unpaired) electrons. The third-order valence-corrected chi connectivity index (χ3v) is 3.21. The zero-order valence-corrected chi connectivity index (χ0v) is 14.1. The number of hydrogen-bond donors (Lipinski definition) is 1. The third-order valence-electron chi connectivity index (χ3n) is 3.21. The molecule has 0 saturated heterocycles. The molecule has 0 atom stereocenters. The predicted octanol–water partition coefficient (Wildman–Crippen LogP) is 3.16. The second-order valence-corrected chi connectivity index (χ2v) is 6.15. The number of carbonyl (C=O) groups is 2. The van der Waals surface area contributed by atoms with Crippen molar-refractivity contribution in [3.63, 3.8) is 0 Å². The van der Waals surface area contributed by atoms with E-state index in [2.05, 4.69) is 5.43 Å². The van der Waals surface area contributed by atoms with Crippen LogP contribution in [0.15, 0.2) is 24.3 Å². The summed E-state index contributed by atoms with van der Waals surface area (Å²) in [6, 6.07) is 7.00. The highest BCUT2D eigenvalue weighted by molar-refractivity contribution is 5.98. The number of para-hydroxylation sites is 1. The smallest absolute Gasteiger partial charge is 0.276 e. The fourth-order valence-electron chi connectivity index (χ4n) is 1.98. The molecule has 0 aliphatic rings. The van der Waals surface area contributed by atoms with Crippen LogP contribution in [-0.4, -0.2) is 29.5 Å². The normalized spacial score (nSPS) is 11.0. The lowest BCUT2D eigenvalue weighted by molar-refractivity contribution is -0.127. The largest absolute Gasteiger partial charge is 0.496 e. The number of unbranched alkanes of at least 4 members (excludes halogenated alkanes) is 1. The summed E-state index contributed by atoms with van der Waals surface area (Å²) in [5, 5.41) is 1.38. The van der Waals surface area contributed by atoms with Gasteiger partial charge in [-0.2, -0.15) is 0 Å². The Kier molecular flexibility index (Phi) is 6.40. The molecule has 0 aromatic heterocycles. The topological polar surface area (TPSA) is 58.6 Å².